The van der Waals surface area contributed by atoms with Gasteiger partial charge in [-0.25, -0.2) is 4.79 Å². The lowest BCUT2D eigenvalue weighted by atomic mass is 10.1. The van der Waals surface area contributed by atoms with Gasteiger partial charge in [-0.05, 0) is 12.8 Å². The molecule has 1 N–H and O–H groups in total. The van der Waals surface area contributed by atoms with Crippen molar-refractivity contribution in [1.29, 1.82) is 0 Å². The molecule has 0 saturated heterocycles. The Labute approximate surface area is 159 Å². The van der Waals surface area contributed by atoms with Gasteiger partial charge in [0.2, 0.25) is 0 Å². The summed E-state index contributed by atoms with van der Waals surface area (Å²) in [6.45, 7) is 25.2. The third-order valence-electron chi connectivity index (χ3n) is 5.32. The van der Waals surface area contributed by atoms with Crippen LogP contribution in [0.1, 0.15) is 12.8 Å². The fourth-order valence-electron chi connectivity index (χ4n) is 5.18. The van der Waals surface area contributed by atoms with E-state index >= 15 is 0 Å². The Bertz CT molecular complexity index is 484. The summed E-state index contributed by atoms with van der Waals surface area (Å²) in [6.07, 6.45) is 1.16. The lowest BCUT2D eigenvalue weighted by molar-refractivity contribution is -0.136. The predicted molar refractivity (Wildman–Crippen MR) is 121 cm³/mol. The van der Waals surface area contributed by atoms with Crippen LogP contribution in [-0.4, -0.2) is 54.2 Å². The van der Waals surface area contributed by atoms with Crippen LogP contribution in [-0.2, 0) is 9.53 Å². The number of methoxy groups -OCH3 is 1. The van der Waals surface area contributed by atoms with Crippen molar-refractivity contribution in [2.75, 3.05) is 13.7 Å². The van der Waals surface area contributed by atoms with Gasteiger partial charge < -0.3 is 9.84 Å². The fourth-order valence-corrected chi connectivity index (χ4v) is 101. The summed E-state index contributed by atoms with van der Waals surface area (Å²) in [5.41, 5.74) is 4.34. The van der Waals surface area contributed by atoms with Gasteiger partial charge in [0.1, 0.15) is 0 Å². The van der Waals surface area contributed by atoms with E-state index in [9.17, 15) is 9.90 Å². The molecule has 0 bridgehead atoms. The molecule has 0 heterocycles. The molecule has 0 aliphatic rings. The highest BCUT2D eigenvalue weighted by atomic mass is 29.9. The molecule has 0 spiro atoms. The maximum atomic E-state index is 11.8. The SMILES string of the molecule is C=C(C/C(=C/[Si]([Si](C)(C)C)([Si](C)(C)C)[Si](C)(C)C)CCO)C(=O)OC. The van der Waals surface area contributed by atoms with Crippen molar-refractivity contribution in [3.05, 3.63) is 23.4 Å². The van der Waals surface area contributed by atoms with Gasteiger partial charge in [0.25, 0.3) is 0 Å². The van der Waals surface area contributed by atoms with Gasteiger partial charge in [0, 0.05) is 35.0 Å². The van der Waals surface area contributed by atoms with E-state index in [1.807, 2.05) is 0 Å². The fraction of sp³-hybridized carbons (Fsp3) is 0.722. The smallest absolute Gasteiger partial charge is 0.333 e. The highest BCUT2D eigenvalue weighted by molar-refractivity contribution is 7.90. The number of esters is 1. The molecule has 0 aromatic heterocycles. The molecule has 0 aromatic rings. The summed E-state index contributed by atoms with van der Waals surface area (Å²) in [5.74, 6) is -0.342. The van der Waals surface area contributed by atoms with E-state index < -0.39 is 29.4 Å². The van der Waals surface area contributed by atoms with Crippen molar-refractivity contribution in [3.8, 4) is 0 Å². The Morgan fingerprint density at radius 3 is 1.64 bits per heavy atom. The summed E-state index contributed by atoms with van der Waals surface area (Å²) >= 11 is 0. The third-order valence-corrected chi connectivity index (χ3v) is 76.3. The van der Waals surface area contributed by atoms with Gasteiger partial charge in [0.05, 0.1) is 13.7 Å². The highest BCUT2D eigenvalue weighted by Crippen LogP contribution is 2.39. The van der Waals surface area contributed by atoms with Crippen LogP contribution in [0.4, 0.5) is 0 Å². The van der Waals surface area contributed by atoms with E-state index in [0.717, 1.165) is 0 Å². The van der Waals surface area contributed by atoms with E-state index in [1.54, 1.807) is 0 Å². The second-order valence-electron chi connectivity index (χ2n) is 10.1. The molecule has 0 radical (unpaired) electrons. The van der Waals surface area contributed by atoms with Crippen LogP contribution in [0.5, 0.6) is 0 Å². The van der Waals surface area contributed by atoms with Crippen LogP contribution < -0.4 is 0 Å². The maximum absolute atomic E-state index is 11.8. The van der Waals surface area contributed by atoms with Crippen molar-refractivity contribution < 1.29 is 14.6 Å². The summed E-state index contributed by atoms with van der Waals surface area (Å²) in [7, 11) is -2.89. The zero-order valence-corrected chi connectivity index (χ0v) is 22.2. The Balaban J connectivity index is 6.45. The van der Waals surface area contributed by atoms with Gasteiger partial charge >= 0.3 is 5.97 Å². The average Bonchev–Trinajstić information content (AvgIpc) is 2.39. The van der Waals surface area contributed by atoms with Crippen LogP contribution in [0.2, 0.25) is 58.9 Å². The highest BCUT2D eigenvalue weighted by Gasteiger charge is 2.60. The molecule has 0 rings (SSSR count). The summed E-state index contributed by atoms with van der Waals surface area (Å²) in [4.78, 5) is 11.8. The summed E-state index contributed by atoms with van der Waals surface area (Å²) in [6, 6.07) is 0. The molecule has 0 aromatic carbocycles. The first kappa shape index (κ1) is 24.8. The minimum atomic E-state index is -1.66. The number of rotatable bonds is 9. The molecule has 0 amide bonds. The number of hydrogen-bond acceptors (Lipinski definition) is 3. The van der Waals surface area contributed by atoms with E-state index in [4.69, 9.17) is 4.74 Å². The van der Waals surface area contributed by atoms with Crippen LogP contribution in [0.15, 0.2) is 23.4 Å². The molecule has 3 nitrogen and oxygen atoms in total. The lowest BCUT2D eigenvalue weighted by Gasteiger charge is -2.56. The molecular formula is C18H40O3Si4. The van der Waals surface area contributed by atoms with Gasteiger partial charge in [-0.3, -0.25) is 0 Å². The average molecular weight is 417 g/mol. The Hall–Kier alpha value is -0.222. The van der Waals surface area contributed by atoms with Gasteiger partial charge in [-0.1, -0.05) is 71.1 Å². The number of carbonyl (C=O) groups excluding carboxylic acids is 1. The third kappa shape index (κ3) is 5.62. The molecule has 0 aliphatic carbocycles. The molecule has 25 heavy (non-hydrogen) atoms. The molecule has 0 fully saturated rings. The van der Waals surface area contributed by atoms with Gasteiger partial charge in [-0.15, -0.1) is 5.70 Å². The van der Waals surface area contributed by atoms with Crippen molar-refractivity contribution in [2.24, 2.45) is 0 Å². The van der Waals surface area contributed by atoms with E-state index in [2.05, 4.69) is 71.2 Å². The first-order valence-corrected chi connectivity index (χ1v) is 24.7. The first-order valence-electron chi connectivity index (χ1n) is 9.12. The molecule has 0 unspecified atom stereocenters. The molecule has 0 saturated carbocycles. The Morgan fingerprint density at radius 2 is 1.36 bits per heavy atom. The second-order valence-corrected chi connectivity index (χ2v) is 50.6. The predicted octanol–water partition coefficient (Wildman–Crippen LogP) is 4.65. The number of ether oxygens (including phenoxy) is 1. The first-order chi connectivity index (χ1) is 11.0. The molecular weight excluding hydrogens is 377 g/mol. The Kier molecular flexibility index (Phi) is 8.57. The lowest BCUT2D eigenvalue weighted by Crippen LogP contribution is -2.82. The normalized spacial score (nSPS) is 14.4. The monoisotopic (exact) mass is 416 g/mol. The summed E-state index contributed by atoms with van der Waals surface area (Å²) < 4.78 is 4.83. The largest absolute Gasteiger partial charge is 0.466 e. The molecule has 7 heteroatoms. The van der Waals surface area contributed by atoms with Crippen LogP contribution in [0.3, 0.4) is 0 Å². The van der Waals surface area contributed by atoms with Crippen LogP contribution in [0.25, 0.3) is 0 Å². The minimum Gasteiger partial charge on any atom is -0.466 e. The Morgan fingerprint density at radius 1 is 0.960 bits per heavy atom. The van der Waals surface area contributed by atoms with Crippen LogP contribution >= 0.6 is 0 Å². The van der Waals surface area contributed by atoms with E-state index in [0.29, 0.717) is 18.4 Å². The van der Waals surface area contributed by atoms with Gasteiger partial charge in [0.15, 0.2) is 0 Å². The van der Waals surface area contributed by atoms with E-state index in [-0.39, 0.29) is 12.6 Å². The van der Waals surface area contributed by atoms with Crippen molar-refractivity contribution in [1.82, 2.24) is 0 Å². The van der Waals surface area contributed by atoms with Crippen molar-refractivity contribution in [2.45, 2.75) is 71.8 Å². The maximum Gasteiger partial charge on any atom is 0.333 e. The van der Waals surface area contributed by atoms with Crippen LogP contribution in [0, 0.1) is 0 Å². The van der Waals surface area contributed by atoms with Crippen molar-refractivity contribution >= 4 is 35.4 Å². The quantitative estimate of drug-likeness (QED) is 0.338. The number of hydrogen-bond donors (Lipinski definition) is 1. The topological polar surface area (TPSA) is 46.5 Å². The molecule has 0 aliphatic heterocycles. The number of carbonyl (C=O) groups is 1. The number of aliphatic hydroxyl groups excluding tert-OH is 1. The number of aliphatic hydroxyl groups is 1. The minimum absolute atomic E-state index is 0.119. The molecule has 0 atom stereocenters. The second kappa shape index (κ2) is 8.64. The zero-order valence-electron chi connectivity index (χ0n) is 18.2. The standard InChI is InChI=1S/C18H40O3Si4/c1-16(18(20)21-2)14-17(12-13-19)15-25(22(3,4)5,23(6,7)8)24(9,10)11/h15,19H,1,12-14H2,2-11H3/b17-15+. The van der Waals surface area contributed by atoms with E-state index in [1.165, 1.54) is 12.7 Å². The zero-order chi connectivity index (χ0) is 20.3. The van der Waals surface area contributed by atoms with Gasteiger partial charge in [-0.2, -0.15) is 0 Å². The molecule has 146 valence electrons. The summed E-state index contributed by atoms with van der Waals surface area (Å²) in [5, 5.41) is 9.61. The van der Waals surface area contributed by atoms with Crippen molar-refractivity contribution in [3.63, 3.8) is 0 Å².